The van der Waals surface area contributed by atoms with Gasteiger partial charge in [-0.3, -0.25) is 4.98 Å². The number of rotatable bonds is 4. The van der Waals surface area contributed by atoms with Gasteiger partial charge in [0.2, 0.25) is 0 Å². The molecular formula is C55H35N3S. The molecule has 0 atom stereocenters. The summed E-state index contributed by atoms with van der Waals surface area (Å²) in [5, 5.41) is 2.44. The molecular weight excluding hydrogens is 735 g/mol. The fraction of sp³-hybridized carbons (Fsp3) is 0. The lowest BCUT2D eigenvalue weighted by molar-refractivity contribution is 1.18. The Hall–Kier alpha value is -7.40. The second kappa shape index (κ2) is 14.8. The van der Waals surface area contributed by atoms with Crippen molar-refractivity contribution >= 4 is 22.5 Å². The molecule has 1 aliphatic heterocycles. The third-order valence-electron chi connectivity index (χ3n) is 11.2. The van der Waals surface area contributed by atoms with Gasteiger partial charge in [0.1, 0.15) is 0 Å². The highest BCUT2D eigenvalue weighted by atomic mass is 32.2. The summed E-state index contributed by atoms with van der Waals surface area (Å²) in [6.07, 6.45) is 3.70. The van der Waals surface area contributed by atoms with Crippen LogP contribution in [0.1, 0.15) is 0 Å². The molecule has 3 heterocycles. The molecule has 0 saturated carbocycles. The van der Waals surface area contributed by atoms with Crippen LogP contribution >= 0.6 is 11.8 Å². The van der Waals surface area contributed by atoms with Gasteiger partial charge in [-0.2, -0.15) is 0 Å². The Kier molecular flexibility index (Phi) is 8.76. The molecule has 0 fully saturated rings. The fourth-order valence-electron chi connectivity index (χ4n) is 8.35. The van der Waals surface area contributed by atoms with Crippen LogP contribution in [0, 0.1) is 0 Å². The molecule has 0 unspecified atom stereocenters. The number of nitrogens with zero attached hydrogens (tertiary/aromatic N) is 3. The normalized spacial score (nSPS) is 11.7. The van der Waals surface area contributed by atoms with Crippen LogP contribution in [-0.2, 0) is 0 Å². The molecule has 3 nitrogen and oxygen atoms in total. The highest BCUT2D eigenvalue weighted by Gasteiger charge is 2.23. The third-order valence-corrected chi connectivity index (χ3v) is 12.5. The van der Waals surface area contributed by atoms with Crippen molar-refractivity contribution in [1.29, 1.82) is 0 Å². The summed E-state index contributed by atoms with van der Waals surface area (Å²) in [6, 6.07) is 71.8. The molecule has 0 bridgehead atoms. The maximum absolute atomic E-state index is 5.29. The molecule has 0 radical (unpaired) electrons. The predicted molar refractivity (Wildman–Crippen MR) is 245 cm³/mol. The SMILES string of the molecule is c1ccc(-c2nc(-c3ccc(-c4cccnc4)cc3)cc(-c3ccc4c(c3)-c3ccc5ccccc5c3Sc3ccccc3-c3ccccc3-c3ccccc3-4)n2)cc1. The first-order valence-corrected chi connectivity index (χ1v) is 20.6. The zero-order valence-electron chi connectivity index (χ0n) is 32.0. The zero-order chi connectivity index (χ0) is 39.1. The van der Waals surface area contributed by atoms with Crippen LogP contribution in [0.25, 0.3) is 100 Å². The lowest BCUT2D eigenvalue weighted by Crippen LogP contribution is -1.97. The largest absolute Gasteiger partial charge is 0.264 e. The summed E-state index contributed by atoms with van der Waals surface area (Å²) >= 11 is 1.85. The standard InChI is InChI=1S/C55H35N3S/c1-2-14-39(15-3-1)55-57-51(38-26-24-36(25-27-38)41-16-12-32-56-35-41)34-52(58-55)40-29-30-47-45-20-7-6-18-43(45)44-19-8-9-21-46(44)48-22-10-11-23-53(48)59-54-42-17-5-4-13-37(42)28-31-49(54)50(47)33-40/h1-35H. The number of fused-ring (bicyclic) bond motifs is 11. The average Bonchev–Trinajstić information content (AvgIpc) is 3.33. The first kappa shape index (κ1) is 34.8. The number of aromatic nitrogens is 3. The van der Waals surface area contributed by atoms with Crippen LogP contribution < -0.4 is 0 Å². The van der Waals surface area contributed by atoms with Gasteiger partial charge < -0.3 is 0 Å². The molecule has 2 aromatic heterocycles. The van der Waals surface area contributed by atoms with Gasteiger partial charge >= 0.3 is 0 Å². The fourth-order valence-corrected chi connectivity index (χ4v) is 9.58. The quantitative estimate of drug-likeness (QED) is 0.179. The molecule has 4 heteroatoms. The third kappa shape index (κ3) is 6.41. The molecule has 0 N–H and O–H groups in total. The van der Waals surface area contributed by atoms with Crippen molar-refractivity contribution in [1.82, 2.24) is 15.0 Å². The highest BCUT2D eigenvalue weighted by molar-refractivity contribution is 7.99. The Labute approximate surface area is 347 Å². The van der Waals surface area contributed by atoms with Crippen molar-refractivity contribution in [3.05, 3.63) is 213 Å². The van der Waals surface area contributed by atoms with E-state index in [0.717, 1.165) is 44.8 Å². The molecule has 0 aliphatic carbocycles. The number of benzene rings is 8. The molecule has 11 rings (SSSR count). The molecule has 0 saturated heterocycles. The van der Waals surface area contributed by atoms with Gasteiger partial charge in [-0.05, 0) is 90.7 Å². The molecule has 8 aromatic carbocycles. The van der Waals surface area contributed by atoms with Crippen molar-refractivity contribution < 1.29 is 0 Å². The lowest BCUT2D eigenvalue weighted by atomic mass is 9.85. The molecule has 10 aromatic rings. The van der Waals surface area contributed by atoms with E-state index in [9.17, 15) is 0 Å². The first-order valence-electron chi connectivity index (χ1n) is 19.8. The maximum atomic E-state index is 5.29. The topological polar surface area (TPSA) is 38.7 Å². The van der Waals surface area contributed by atoms with Crippen LogP contribution in [-0.4, -0.2) is 15.0 Å². The number of hydrogen-bond donors (Lipinski definition) is 0. The van der Waals surface area contributed by atoms with E-state index < -0.39 is 0 Å². The van der Waals surface area contributed by atoms with Crippen LogP contribution in [0.3, 0.4) is 0 Å². The van der Waals surface area contributed by atoms with Gasteiger partial charge in [0.25, 0.3) is 0 Å². The maximum Gasteiger partial charge on any atom is 0.160 e. The minimum absolute atomic E-state index is 0.687. The summed E-state index contributed by atoms with van der Waals surface area (Å²) in [5.41, 5.74) is 16.5. The van der Waals surface area contributed by atoms with E-state index in [2.05, 4.69) is 181 Å². The monoisotopic (exact) mass is 769 g/mol. The summed E-state index contributed by atoms with van der Waals surface area (Å²) < 4.78 is 0. The van der Waals surface area contributed by atoms with Crippen molar-refractivity contribution in [3.8, 4) is 89.5 Å². The van der Waals surface area contributed by atoms with E-state index in [-0.39, 0.29) is 0 Å². The second-order valence-electron chi connectivity index (χ2n) is 14.8. The first-order chi connectivity index (χ1) is 29.2. The van der Waals surface area contributed by atoms with Gasteiger partial charge in [-0.25, -0.2) is 9.97 Å². The van der Waals surface area contributed by atoms with Crippen molar-refractivity contribution in [2.24, 2.45) is 0 Å². The molecule has 0 spiro atoms. The predicted octanol–water partition coefficient (Wildman–Crippen LogP) is 14.8. The number of pyridine rings is 1. The minimum Gasteiger partial charge on any atom is -0.264 e. The van der Waals surface area contributed by atoms with Crippen LogP contribution in [0.4, 0.5) is 0 Å². The van der Waals surface area contributed by atoms with Crippen molar-refractivity contribution in [2.75, 3.05) is 0 Å². The van der Waals surface area contributed by atoms with Crippen molar-refractivity contribution in [3.63, 3.8) is 0 Å². The van der Waals surface area contributed by atoms with Gasteiger partial charge in [0, 0.05) is 38.9 Å². The molecule has 0 amide bonds. The van der Waals surface area contributed by atoms with Gasteiger partial charge in [-0.15, -0.1) is 0 Å². The second-order valence-corrected chi connectivity index (χ2v) is 15.8. The van der Waals surface area contributed by atoms with Crippen LogP contribution in [0.5, 0.6) is 0 Å². The zero-order valence-corrected chi connectivity index (χ0v) is 32.8. The smallest absolute Gasteiger partial charge is 0.160 e. The molecule has 59 heavy (non-hydrogen) atoms. The summed E-state index contributed by atoms with van der Waals surface area (Å²) in [7, 11) is 0. The van der Waals surface area contributed by atoms with E-state index in [1.165, 1.54) is 59.5 Å². The summed E-state index contributed by atoms with van der Waals surface area (Å²) in [6.45, 7) is 0. The molecule has 1 aliphatic rings. The van der Waals surface area contributed by atoms with E-state index in [1.54, 1.807) is 6.20 Å². The average molecular weight is 770 g/mol. The van der Waals surface area contributed by atoms with E-state index in [1.807, 2.05) is 42.2 Å². The van der Waals surface area contributed by atoms with E-state index >= 15 is 0 Å². The van der Waals surface area contributed by atoms with E-state index in [0.29, 0.717) is 5.82 Å². The number of hydrogen-bond acceptors (Lipinski definition) is 4. The Bertz CT molecular complexity index is 3180. The van der Waals surface area contributed by atoms with Gasteiger partial charge in [0.05, 0.1) is 11.4 Å². The van der Waals surface area contributed by atoms with E-state index in [4.69, 9.17) is 9.97 Å². The minimum atomic E-state index is 0.687. The Balaban J connectivity index is 1.17. The van der Waals surface area contributed by atoms with Crippen LogP contribution in [0.15, 0.2) is 222 Å². The Morgan fingerprint density at radius 1 is 0.339 bits per heavy atom. The van der Waals surface area contributed by atoms with Crippen molar-refractivity contribution in [2.45, 2.75) is 9.79 Å². The summed E-state index contributed by atoms with van der Waals surface area (Å²) in [4.78, 5) is 17.2. The van der Waals surface area contributed by atoms with Gasteiger partial charge in [0.15, 0.2) is 5.82 Å². The molecule has 276 valence electrons. The van der Waals surface area contributed by atoms with Gasteiger partial charge in [-0.1, -0.05) is 188 Å². The highest BCUT2D eigenvalue weighted by Crippen LogP contribution is 2.50. The van der Waals surface area contributed by atoms with Crippen LogP contribution in [0.2, 0.25) is 0 Å². The Morgan fingerprint density at radius 2 is 0.898 bits per heavy atom. The lowest BCUT2D eigenvalue weighted by Gasteiger charge is -2.19. The Morgan fingerprint density at radius 3 is 1.63 bits per heavy atom. The summed E-state index contributed by atoms with van der Waals surface area (Å²) in [5.74, 6) is 0.687.